The van der Waals surface area contributed by atoms with E-state index in [0.29, 0.717) is 16.9 Å². The average molecular weight is 367 g/mol. The average Bonchev–Trinajstić information content (AvgIpc) is 2.64. The molecule has 6 nitrogen and oxygen atoms in total. The first-order valence-corrected chi connectivity index (χ1v) is 9.34. The Morgan fingerprint density at radius 2 is 1.69 bits per heavy atom. The minimum absolute atomic E-state index is 0.0821. The quantitative estimate of drug-likeness (QED) is 0.723. The lowest BCUT2D eigenvalue weighted by atomic mass is 10.2. The maximum absolute atomic E-state index is 12.5. The van der Waals surface area contributed by atoms with Crippen molar-refractivity contribution in [2.24, 2.45) is 0 Å². The minimum atomic E-state index is -3.73. The second kappa shape index (κ2) is 7.37. The summed E-state index contributed by atoms with van der Waals surface area (Å²) >= 11 is 0. The number of rotatable bonds is 5. The van der Waals surface area contributed by atoms with Crippen LogP contribution in [0.4, 0.5) is 11.4 Å². The van der Waals surface area contributed by atoms with Crippen LogP contribution < -0.4 is 10.0 Å². The molecule has 0 saturated carbocycles. The van der Waals surface area contributed by atoms with E-state index in [1.807, 2.05) is 19.1 Å². The Labute approximate surface area is 152 Å². The van der Waals surface area contributed by atoms with Crippen LogP contribution in [-0.4, -0.2) is 19.3 Å². The molecule has 0 aliphatic rings. The number of nitrogens with zero attached hydrogens (tertiary/aromatic N) is 1. The number of hydrogen-bond acceptors (Lipinski definition) is 4. The maximum atomic E-state index is 12.5. The molecule has 2 aromatic carbocycles. The number of nitrogens with one attached hydrogen (secondary N) is 2. The normalized spacial score (nSPS) is 11.0. The molecule has 0 aliphatic heterocycles. The molecule has 0 aliphatic carbocycles. The monoisotopic (exact) mass is 367 g/mol. The summed E-state index contributed by atoms with van der Waals surface area (Å²) in [6, 6.07) is 16.3. The van der Waals surface area contributed by atoms with Gasteiger partial charge in [0.1, 0.15) is 0 Å². The molecule has 0 bridgehead atoms. The van der Waals surface area contributed by atoms with Crippen LogP contribution in [0.1, 0.15) is 15.9 Å². The first-order chi connectivity index (χ1) is 12.5. The summed E-state index contributed by atoms with van der Waals surface area (Å²) in [5.41, 5.74) is 2.26. The molecular weight excluding hydrogens is 350 g/mol. The fourth-order valence-corrected chi connectivity index (χ4v) is 3.45. The molecule has 0 spiro atoms. The predicted octanol–water partition coefficient (Wildman–Crippen LogP) is 3.44. The number of aryl methyl sites for hydroxylation is 1. The van der Waals surface area contributed by atoms with Gasteiger partial charge in [-0.1, -0.05) is 18.2 Å². The summed E-state index contributed by atoms with van der Waals surface area (Å²) < 4.78 is 27.6. The molecule has 7 heteroatoms. The number of aromatic nitrogens is 1. The van der Waals surface area contributed by atoms with E-state index in [2.05, 4.69) is 15.0 Å². The van der Waals surface area contributed by atoms with Gasteiger partial charge in [0.05, 0.1) is 22.5 Å². The number of sulfonamides is 1. The molecule has 2 N–H and O–H groups in total. The zero-order valence-electron chi connectivity index (χ0n) is 14.0. The van der Waals surface area contributed by atoms with Crippen LogP contribution >= 0.6 is 0 Å². The van der Waals surface area contributed by atoms with E-state index in [0.717, 1.165) is 5.56 Å². The highest BCUT2D eigenvalue weighted by atomic mass is 32.2. The van der Waals surface area contributed by atoms with Crippen molar-refractivity contribution < 1.29 is 13.2 Å². The van der Waals surface area contributed by atoms with Gasteiger partial charge in [-0.25, -0.2) is 8.42 Å². The van der Waals surface area contributed by atoms with Crippen molar-refractivity contribution in [3.05, 3.63) is 84.2 Å². The number of hydrogen-bond donors (Lipinski definition) is 2. The third-order valence-electron chi connectivity index (χ3n) is 3.74. The van der Waals surface area contributed by atoms with Gasteiger partial charge in [0.15, 0.2) is 0 Å². The third kappa shape index (κ3) is 4.07. The first-order valence-electron chi connectivity index (χ1n) is 7.85. The molecule has 26 heavy (non-hydrogen) atoms. The third-order valence-corrected chi connectivity index (χ3v) is 5.12. The fourth-order valence-electron chi connectivity index (χ4n) is 2.32. The van der Waals surface area contributed by atoms with E-state index in [-0.39, 0.29) is 10.8 Å². The van der Waals surface area contributed by atoms with Crippen LogP contribution in [0.15, 0.2) is 78.0 Å². The summed E-state index contributed by atoms with van der Waals surface area (Å²) in [6.45, 7) is 1.82. The fraction of sp³-hybridized carbons (Fsp3) is 0.0526. The Hall–Kier alpha value is -3.19. The highest BCUT2D eigenvalue weighted by molar-refractivity contribution is 7.92. The number of carbonyl (C=O) groups excluding carboxylic acids is 1. The van der Waals surface area contributed by atoms with Gasteiger partial charge >= 0.3 is 0 Å². The van der Waals surface area contributed by atoms with Crippen molar-refractivity contribution in [2.75, 3.05) is 10.0 Å². The number of amides is 1. The van der Waals surface area contributed by atoms with E-state index in [1.165, 1.54) is 30.5 Å². The number of para-hydroxylation sites is 1. The topological polar surface area (TPSA) is 88.2 Å². The molecule has 0 fully saturated rings. The standard InChI is InChI=1S/C19H17N3O3S/c1-14-5-2-3-7-18(14)22-26(24,25)17-10-8-15(9-11-17)19(23)21-16-6-4-12-20-13-16/h2-13,22H,1H3,(H,21,23). The molecule has 1 aromatic heterocycles. The zero-order valence-corrected chi connectivity index (χ0v) is 14.8. The van der Waals surface area contributed by atoms with Crippen molar-refractivity contribution >= 4 is 27.3 Å². The molecule has 1 amide bonds. The van der Waals surface area contributed by atoms with Gasteiger partial charge in [-0.15, -0.1) is 0 Å². The van der Waals surface area contributed by atoms with Gasteiger partial charge in [0, 0.05) is 11.8 Å². The maximum Gasteiger partial charge on any atom is 0.261 e. The molecular formula is C19H17N3O3S. The van der Waals surface area contributed by atoms with Gasteiger partial charge in [-0.3, -0.25) is 14.5 Å². The van der Waals surface area contributed by atoms with E-state index in [4.69, 9.17) is 0 Å². The summed E-state index contributed by atoms with van der Waals surface area (Å²) in [4.78, 5) is 16.2. The van der Waals surface area contributed by atoms with Crippen LogP contribution in [0.5, 0.6) is 0 Å². The molecule has 0 atom stereocenters. The van der Waals surface area contributed by atoms with Gasteiger partial charge < -0.3 is 5.32 Å². The zero-order chi connectivity index (χ0) is 18.6. The van der Waals surface area contributed by atoms with E-state index >= 15 is 0 Å². The lowest BCUT2D eigenvalue weighted by molar-refractivity contribution is 0.102. The Morgan fingerprint density at radius 1 is 0.962 bits per heavy atom. The van der Waals surface area contributed by atoms with E-state index < -0.39 is 10.0 Å². The van der Waals surface area contributed by atoms with Crippen molar-refractivity contribution in [2.45, 2.75) is 11.8 Å². The van der Waals surface area contributed by atoms with Crippen LogP contribution in [-0.2, 0) is 10.0 Å². The van der Waals surface area contributed by atoms with Crippen LogP contribution in [0.2, 0.25) is 0 Å². The molecule has 1 heterocycles. The van der Waals surface area contributed by atoms with Crippen LogP contribution in [0.25, 0.3) is 0 Å². The molecule has 0 saturated heterocycles. The Morgan fingerprint density at radius 3 is 2.35 bits per heavy atom. The number of anilines is 2. The van der Waals surface area contributed by atoms with Crippen LogP contribution in [0, 0.1) is 6.92 Å². The summed E-state index contributed by atoms with van der Waals surface area (Å²) in [6.07, 6.45) is 3.14. The van der Waals surface area contributed by atoms with Crippen molar-refractivity contribution in [1.29, 1.82) is 0 Å². The SMILES string of the molecule is Cc1ccccc1NS(=O)(=O)c1ccc(C(=O)Nc2cccnc2)cc1. The highest BCUT2D eigenvalue weighted by Crippen LogP contribution is 2.20. The van der Waals surface area contributed by atoms with Crippen molar-refractivity contribution in [3.63, 3.8) is 0 Å². The number of carbonyl (C=O) groups is 1. The summed E-state index contributed by atoms with van der Waals surface area (Å²) in [5.74, 6) is -0.339. The van der Waals surface area contributed by atoms with E-state index in [9.17, 15) is 13.2 Å². The Balaban J connectivity index is 1.76. The molecule has 0 radical (unpaired) electrons. The van der Waals surface area contributed by atoms with Gasteiger partial charge in [-0.2, -0.15) is 0 Å². The predicted molar refractivity (Wildman–Crippen MR) is 101 cm³/mol. The Bertz CT molecular complexity index is 1020. The van der Waals surface area contributed by atoms with Crippen molar-refractivity contribution in [3.8, 4) is 0 Å². The molecule has 132 valence electrons. The van der Waals surface area contributed by atoms with Gasteiger partial charge in [-0.05, 0) is 55.0 Å². The molecule has 0 unspecified atom stereocenters. The lowest BCUT2D eigenvalue weighted by Crippen LogP contribution is -2.15. The smallest absolute Gasteiger partial charge is 0.261 e. The Kier molecular flexibility index (Phi) is 4.99. The molecule has 3 aromatic rings. The second-order valence-corrected chi connectivity index (χ2v) is 7.32. The first kappa shape index (κ1) is 17.6. The highest BCUT2D eigenvalue weighted by Gasteiger charge is 2.16. The lowest BCUT2D eigenvalue weighted by Gasteiger charge is -2.11. The number of benzene rings is 2. The largest absolute Gasteiger partial charge is 0.321 e. The van der Waals surface area contributed by atoms with Gasteiger partial charge in [0.2, 0.25) is 0 Å². The summed E-state index contributed by atoms with van der Waals surface area (Å²) in [5, 5.41) is 2.70. The van der Waals surface area contributed by atoms with Crippen molar-refractivity contribution in [1.82, 2.24) is 4.98 Å². The molecule has 3 rings (SSSR count). The van der Waals surface area contributed by atoms with E-state index in [1.54, 1.807) is 30.5 Å². The minimum Gasteiger partial charge on any atom is -0.321 e. The second-order valence-electron chi connectivity index (χ2n) is 5.64. The summed E-state index contributed by atoms with van der Waals surface area (Å²) in [7, 11) is -3.73. The van der Waals surface area contributed by atoms with Crippen LogP contribution in [0.3, 0.4) is 0 Å². The van der Waals surface area contributed by atoms with Gasteiger partial charge in [0.25, 0.3) is 15.9 Å². The number of pyridine rings is 1.